The molecule has 0 radical (unpaired) electrons. The zero-order valence-corrected chi connectivity index (χ0v) is 26.3. The summed E-state index contributed by atoms with van der Waals surface area (Å²) in [4.78, 5) is 85.6. The molecule has 6 atom stereocenters. The van der Waals surface area contributed by atoms with Crippen LogP contribution in [0.25, 0.3) is 0 Å². The summed E-state index contributed by atoms with van der Waals surface area (Å²) in [6.45, 7) is 1.29. The number of nitrogens with zero attached hydrogens (tertiary/aromatic N) is 2. The van der Waals surface area contributed by atoms with Gasteiger partial charge in [0.1, 0.15) is 25.5 Å². The van der Waals surface area contributed by atoms with Crippen molar-refractivity contribution in [2.75, 3.05) is 13.2 Å². The highest BCUT2D eigenvalue weighted by molar-refractivity contribution is 7.66. The largest absolute Gasteiger partial charge is 0.508 e. The zero-order chi connectivity index (χ0) is 34.6. The number of nitro benzene ring substituents is 1. The minimum Gasteiger partial charge on any atom is -0.434 e. The van der Waals surface area contributed by atoms with Crippen molar-refractivity contribution in [2.45, 2.75) is 51.2 Å². The van der Waals surface area contributed by atoms with Crippen molar-refractivity contribution in [1.82, 2.24) is 9.55 Å². The van der Waals surface area contributed by atoms with Gasteiger partial charge in [0.2, 0.25) is 0 Å². The number of aliphatic hydroxyl groups excluding tert-OH is 1. The molecule has 256 valence electrons. The van der Waals surface area contributed by atoms with Crippen LogP contribution in [0.4, 0.5) is 10.5 Å². The quantitative estimate of drug-likeness (QED) is 0.0691. The number of carbonyl (C=O) groups excluding carboxylic acids is 1. The molecule has 0 amide bonds. The molecule has 0 saturated carbocycles. The Hall–Kier alpha value is -3.10. The number of carbonyl (C=O) groups is 1. The van der Waals surface area contributed by atoms with E-state index in [4.69, 9.17) is 24.0 Å². The summed E-state index contributed by atoms with van der Waals surface area (Å²) < 4.78 is 61.9. The molecule has 3 unspecified atom stereocenters. The first-order chi connectivity index (χ1) is 21.2. The molecule has 1 fully saturated rings. The zero-order valence-electron chi connectivity index (χ0n) is 23.6. The molecule has 1 aromatic carbocycles. The summed E-state index contributed by atoms with van der Waals surface area (Å²) >= 11 is 0. The standard InChI is InChI=1S/C21H28N3O19P3/c1-11-3-4-15(24(29)30)14(5-11)12(2)8-38-21(28)39-9-13-7-23(20(27)22-19(13)26)18-6-16(25)17(41-18)10-40-45(34,35)43-46(36,37)42-44(31,32)33/h3-5,7,12,16-18,25H,6,8-10H2,1-2H3,(H,34,35)(H,36,37)(H,22,26,27)(H2,31,32,33)/t12?,16-,17-,18-/m1/s1. The molecule has 0 bridgehead atoms. The van der Waals surface area contributed by atoms with Gasteiger partial charge in [-0.3, -0.25) is 29.0 Å². The lowest BCUT2D eigenvalue weighted by Gasteiger charge is -2.19. The molecule has 6 N–H and O–H groups in total. The molecule has 0 spiro atoms. The van der Waals surface area contributed by atoms with Gasteiger partial charge in [-0.2, -0.15) is 8.62 Å². The number of H-pyrrole nitrogens is 1. The smallest absolute Gasteiger partial charge is 0.434 e. The number of phosphoric ester groups is 1. The van der Waals surface area contributed by atoms with Crippen molar-refractivity contribution in [1.29, 1.82) is 0 Å². The van der Waals surface area contributed by atoms with E-state index in [0.717, 1.165) is 16.3 Å². The van der Waals surface area contributed by atoms with Crippen molar-refractivity contribution >= 4 is 35.3 Å². The molecule has 25 heteroatoms. The molecule has 1 saturated heterocycles. The summed E-state index contributed by atoms with van der Waals surface area (Å²) in [6, 6.07) is 4.46. The fourth-order valence-electron chi connectivity index (χ4n) is 4.05. The highest BCUT2D eigenvalue weighted by Crippen LogP contribution is 2.66. The molecule has 22 nitrogen and oxygen atoms in total. The second kappa shape index (κ2) is 14.8. The van der Waals surface area contributed by atoms with Crippen LogP contribution in [-0.2, 0) is 47.7 Å². The molecule has 3 rings (SSSR count). The van der Waals surface area contributed by atoms with Gasteiger partial charge >= 0.3 is 35.3 Å². The fourth-order valence-corrected chi connectivity index (χ4v) is 7.08. The van der Waals surface area contributed by atoms with Gasteiger partial charge in [0.25, 0.3) is 11.2 Å². The van der Waals surface area contributed by atoms with Crippen LogP contribution in [0.5, 0.6) is 0 Å². The Morgan fingerprint density at radius 3 is 2.46 bits per heavy atom. The number of nitrogens with one attached hydrogen (secondary N) is 1. The normalized spacial score (nSPS) is 21.6. The van der Waals surface area contributed by atoms with Crippen molar-refractivity contribution in [3.8, 4) is 0 Å². The Balaban J connectivity index is 1.60. The predicted octanol–water partition coefficient (Wildman–Crippen LogP) is 1.20. The van der Waals surface area contributed by atoms with Gasteiger partial charge in [0.15, 0.2) is 0 Å². The second-order valence-corrected chi connectivity index (χ2v) is 14.1. The van der Waals surface area contributed by atoms with E-state index in [1.165, 1.54) is 6.07 Å². The highest BCUT2D eigenvalue weighted by atomic mass is 31.3. The van der Waals surface area contributed by atoms with E-state index in [2.05, 4.69) is 13.1 Å². The second-order valence-electron chi connectivity index (χ2n) is 9.71. The number of aromatic amines is 1. The number of rotatable bonds is 14. The van der Waals surface area contributed by atoms with E-state index >= 15 is 0 Å². The average molecular weight is 719 g/mol. The number of aromatic nitrogens is 2. The van der Waals surface area contributed by atoms with Gasteiger partial charge in [0.05, 0.1) is 23.2 Å². The van der Waals surface area contributed by atoms with Crippen LogP contribution in [0.1, 0.15) is 42.2 Å². The number of aliphatic hydroxyl groups is 1. The van der Waals surface area contributed by atoms with Crippen LogP contribution >= 0.6 is 23.5 Å². The van der Waals surface area contributed by atoms with Crippen LogP contribution in [-0.4, -0.2) is 70.7 Å². The minimum absolute atomic E-state index is 0.167. The Morgan fingerprint density at radius 1 is 1.15 bits per heavy atom. The van der Waals surface area contributed by atoms with Crippen molar-refractivity contribution < 1.29 is 75.4 Å². The Labute approximate surface area is 257 Å². The Kier molecular flexibility index (Phi) is 12.0. The van der Waals surface area contributed by atoms with E-state index in [9.17, 15) is 53.1 Å². The number of ether oxygens (including phenoxy) is 3. The highest BCUT2D eigenvalue weighted by Gasteiger charge is 2.43. The molecule has 0 aliphatic carbocycles. The number of phosphoric acid groups is 3. The molecule has 1 aliphatic rings. The summed E-state index contributed by atoms with van der Waals surface area (Å²) in [5, 5.41) is 21.6. The maximum absolute atomic E-state index is 12.4. The third-order valence-electron chi connectivity index (χ3n) is 6.08. The predicted molar refractivity (Wildman–Crippen MR) is 148 cm³/mol. The Morgan fingerprint density at radius 2 is 1.83 bits per heavy atom. The fraction of sp³-hybridized carbons (Fsp3) is 0.476. The summed E-state index contributed by atoms with van der Waals surface area (Å²) in [6.07, 6.45) is -4.95. The third kappa shape index (κ3) is 10.7. The third-order valence-corrected chi connectivity index (χ3v) is 9.88. The lowest BCUT2D eigenvalue weighted by atomic mass is 9.98. The van der Waals surface area contributed by atoms with Crippen LogP contribution in [0.2, 0.25) is 0 Å². The number of aryl methyl sites for hydroxylation is 1. The molecule has 2 aromatic rings. The van der Waals surface area contributed by atoms with Gasteiger partial charge in [0, 0.05) is 30.2 Å². The molecular weight excluding hydrogens is 691 g/mol. The molecule has 1 aromatic heterocycles. The van der Waals surface area contributed by atoms with E-state index in [0.29, 0.717) is 5.56 Å². The van der Waals surface area contributed by atoms with Gasteiger partial charge in [-0.25, -0.2) is 23.3 Å². The first-order valence-electron chi connectivity index (χ1n) is 12.7. The number of hydrogen-bond acceptors (Lipinski definition) is 15. The molecule has 1 aliphatic heterocycles. The summed E-state index contributed by atoms with van der Waals surface area (Å²) in [5.41, 5.74) is -1.38. The summed E-state index contributed by atoms with van der Waals surface area (Å²) in [5.74, 6) is -0.603. The summed E-state index contributed by atoms with van der Waals surface area (Å²) in [7, 11) is -16.9. The minimum atomic E-state index is -5.79. The first kappa shape index (κ1) is 37.4. The van der Waals surface area contributed by atoms with Crippen LogP contribution in [0.3, 0.4) is 0 Å². The lowest BCUT2D eigenvalue weighted by molar-refractivity contribution is -0.385. The van der Waals surface area contributed by atoms with Crippen LogP contribution < -0.4 is 11.2 Å². The van der Waals surface area contributed by atoms with E-state index in [1.54, 1.807) is 26.0 Å². The SMILES string of the molecule is Cc1ccc([N+](=O)[O-])c(C(C)COC(=O)OCc2cn([C@H]3C[C@@H](O)[C@@H](COP(=O)(O)OP(=O)(O)OP(=O)(O)O)O3)c(=O)[nH]c2=O)c1. The average Bonchev–Trinajstić information content (AvgIpc) is 3.27. The van der Waals surface area contributed by atoms with Crippen molar-refractivity contribution in [3.63, 3.8) is 0 Å². The van der Waals surface area contributed by atoms with Gasteiger partial charge in [-0.15, -0.1) is 0 Å². The van der Waals surface area contributed by atoms with Gasteiger partial charge in [-0.05, 0) is 13.0 Å². The number of nitro groups is 1. The lowest BCUT2D eigenvalue weighted by Crippen LogP contribution is -2.34. The number of benzene rings is 1. The van der Waals surface area contributed by atoms with E-state index in [1.807, 2.05) is 4.98 Å². The first-order valence-corrected chi connectivity index (χ1v) is 17.2. The van der Waals surface area contributed by atoms with Crippen molar-refractivity contribution in [2.24, 2.45) is 0 Å². The van der Waals surface area contributed by atoms with Crippen LogP contribution in [0, 0.1) is 17.0 Å². The van der Waals surface area contributed by atoms with E-state index in [-0.39, 0.29) is 24.3 Å². The van der Waals surface area contributed by atoms with Crippen LogP contribution in [0.15, 0.2) is 34.0 Å². The van der Waals surface area contributed by atoms with Gasteiger partial charge < -0.3 is 38.9 Å². The molecule has 2 heterocycles. The monoisotopic (exact) mass is 719 g/mol. The maximum atomic E-state index is 12.4. The topological polar surface area (TPSA) is 323 Å². The number of hydrogen-bond donors (Lipinski definition) is 6. The van der Waals surface area contributed by atoms with E-state index < -0.39 is 83.4 Å². The van der Waals surface area contributed by atoms with Crippen molar-refractivity contribution in [3.05, 3.63) is 72.0 Å². The molecular formula is C21H28N3O19P3. The Bertz CT molecular complexity index is 1720. The van der Waals surface area contributed by atoms with Gasteiger partial charge in [-0.1, -0.05) is 18.6 Å². The molecule has 46 heavy (non-hydrogen) atoms. The maximum Gasteiger partial charge on any atom is 0.508 e.